The lowest BCUT2D eigenvalue weighted by Crippen LogP contribution is -2.26. The minimum absolute atomic E-state index is 0.0274. The third-order valence-electron chi connectivity index (χ3n) is 13.2. The van der Waals surface area contributed by atoms with Crippen molar-refractivity contribution in [1.82, 2.24) is 24.5 Å². The summed E-state index contributed by atoms with van der Waals surface area (Å²) in [4.78, 5) is 27.8. The molecule has 14 nitrogen and oxygen atoms in total. The van der Waals surface area contributed by atoms with E-state index < -0.39 is 40.5 Å². The van der Waals surface area contributed by atoms with Crippen LogP contribution in [0.25, 0.3) is 5.65 Å². The number of nitrogens with one attached hydrogen (secondary N) is 3. The van der Waals surface area contributed by atoms with E-state index in [2.05, 4.69) is 73.2 Å². The summed E-state index contributed by atoms with van der Waals surface area (Å²) >= 11 is -4.20. The summed E-state index contributed by atoms with van der Waals surface area (Å²) in [6, 6.07) is 12.3. The van der Waals surface area contributed by atoms with Crippen LogP contribution < -0.4 is 17.8 Å². The van der Waals surface area contributed by atoms with E-state index in [9.17, 15) is 18.0 Å². The Balaban J connectivity index is 1.47. The Morgan fingerprint density at radius 2 is 1.08 bits per heavy atom. The van der Waals surface area contributed by atoms with Gasteiger partial charge in [0, 0.05) is 23.2 Å². The van der Waals surface area contributed by atoms with Gasteiger partial charge in [0.1, 0.15) is 11.5 Å². The Kier molecular flexibility index (Phi) is 28.1. The number of unbranched alkanes of at least 4 members (excludes halogenated alkanes) is 16. The Morgan fingerprint density at radius 3 is 1.58 bits per heavy atom. The quantitative estimate of drug-likeness (QED) is 0.0288. The SMILES string of the molecule is CCCCCCCCC(CCCCCC)COC(=O)c1cc(OS(=O)Nc2cccc(OS(=O)NC(C)c3nnc4cc(C(C)(C)C)[nH]n34)c2)cc(C(=O)OCC(CCCCCC)CCCCCCCC)c1. The molecule has 2 aromatic heterocycles. The molecule has 72 heavy (non-hydrogen) atoms. The molecule has 0 aliphatic heterocycles. The van der Waals surface area contributed by atoms with E-state index in [4.69, 9.17) is 17.8 Å². The minimum atomic E-state index is -2.20. The minimum Gasteiger partial charge on any atom is -0.462 e. The second-order valence-corrected chi connectivity index (χ2v) is 22.5. The van der Waals surface area contributed by atoms with E-state index in [0.29, 0.717) is 17.2 Å². The fourth-order valence-electron chi connectivity index (χ4n) is 8.79. The highest BCUT2D eigenvalue weighted by molar-refractivity contribution is 7.82. The maximum atomic E-state index is 13.9. The van der Waals surface area contributed by atoms with E-state index in [-0.39, 0.29) is 53.1 Å². The molecular formula is C56H90N6O8S2. The van der Waals surface area contributed by atoms with Crippen LogP contribution >= 0.6 is 0 Å². The molecule has 5 unspecified atom stereocenters. The molecule has 4 rings (SSSR count). The number of hydrogen-bond acceptors (Lipinski definition) is 10. The fourth-order valence-corrected chi connectivity index (χ4v) is 10.1. The molecule has 5 atom stereocenters. The van der Waals surface area contributed by atoms with Crippen LogP contribution in [0.15, 0.2) is 48.5 Å². The molecule has 0 fully saturated rings. The first kappa shape index (κ1) is 60.3. The summed E-state index contributed by atoms with van der Waals surface area (Å²) in [6.45, 7) is 17.5. The van der Waals surface area contributed by atoms with Crippen LogP contribution in [0.1, 0.15) is 248 Å². The normalized spacial score (nSPS) is 13.9. The van der Waals surface area contributed by atoms with Gasteiger partial charge in [-0.3, -0.25) is 9.82 Å². The van der Waals surface area contributed by atoms with Gasteiger partial charge >= 0.3 is 23.2 Å². The van der Waals surface area contributed by atoms with Crippen molar-refractivity contribution < 1.29 is 35.8 Å². The van der Waals surface area contributed by atoms with Gasteiger partial charge in [-0.1, -0.05) is 183 Å². The van der Waals surface area contributed by atoms with Gasteiger partial charge in [-0.25, -0.2) is 14.1 Å². The van der Waals surface area contributed by atoms with Crippen molar-refractivity contribution in [3.63, 3.8) is 0 Å². The molecule has 3 N–H and O–H groups in total. The number of anilines is 1. The summed E-state index contributed by atoms with van der Waals surface area (Å²) in [6.07, 6.45) is 27.5. The summed E-state index contributed by atoms with van der Waals surface area (Å²) in [5, 5.41) is 11.9. The van der Waals surface area contributed by atoms with Crippen LogP contribution in [0.2, 0.25) is 0 Å². The molecule has 2 heterocycles. The van der Waals surface area contributed by atoms with Crippen molar-refractivity contribution >= 4 is 45.8 Å². The van der Waals surface area contributed by atoms with E-state index in [0.717, 1.165) is 82.7 Å². The van der Waals surface area contributed by atoms with Crippen LogP contribution in [0.5, 0.6) is 11.5 Å². The molecule has 0 aliphatic rings. The highest BCUT2D eigenvalue weighted by Crippen LogP contribution is 2.27. The van der Waals surface area contributed by atoms with E-state index in [1.807, 2.05) is 6.07 Å². The summed E-state index contributed by atoms with van der Waals surface area (Å²) < 4.78 is 57.9. The predicted molar refractivity (Wildman–Crippen MR) is 293 cm³/mol. The number of H-pyrrole nitrogens is 1. The first-order valence-corrected chi connectivity index (χ1v) is 29.7. The van der Waals surface area contributed by atoms with Crippen molar-refractivity contribution in [2.45, 2.75) is 221 Å². The largest absolute Gasteiger partial charge is 0.462 e. The fraction of sp³-hybridized carbons (Fsp3) is 0.679. The number of carbonyl (C=O) groups excluding carboxylic acids is 2. The Labute approximate surface area is 437 Å². The highest BCUT2D eigenvalue weighted by Gasteiger charge is 2.24. The number of hydrogen-bond donors (Lipinski definition) is 3. The first-order chi connectivity index (χ1) is 34.7. The zero-order chi connectivity index (χ0) is 52.1. The molecule has 16 heteroatoms. The van der Waals surface area contributed by atoms with Gasteiger partial charge in [0.25, 0.3) is 11.3 Å². The maximum Gasteiger partial charge on any atom is 0.338 e. The van der Waals surface area contributed by atoms with Crippen LogP contribution in [-0.4, -0.2) is 53.4 Å². The molecular weight excluding hydrogens is 949 g/mol. The van der Waals surface area contributed by atoms with Crippen molar-refractivity contribution in [2.75, 3.05) is 17.9 Å². The maximum absolute atomic E-state index is 13.9. The summed E-state index contributed by atoms with van der Waals surface area (Å²) in [7, 11) is 0. The molecule has 0 bridgehead atoms. The van der Waals surface area contributed by atoms with Crippen molar-refractivity contribution in [3.05, 3.63) is 71.2 Å². The number of ether oxygens (including phenoxy) is 2. The lowest BCUT2D eigenvalue weighted by atomic mass is 9.93. The molecule has 4 aromatic rings. The van der Waals surface area contributed by atoms with Crippen LogP contribution in [0.3, 0.4) is 0 Å². The van der Waals surface area contributed by atoms with Crippen LogP contribution in [-0.2, 0) is 37.4 Å². The standard InChI is InChI=1S/C56H90N6O8S2/c1-9-13-17-21-23-27-32-44(30-25-19-15-11-3)41-67-54(63)46-36-47(55(64)68-42-45(31-26-20-16-12-4)33-28-24-22-18-14-10-2)38-50(37-46)70-72(66)61-48-34-29-35-49(39-48)69-71(65)60-43(5)53-58-57-52-40-51(56(6,7)8)59-62(52)53/h29,34-40,43-45,59-61H,9-28,30-33,41-42H2,1-8H3. The van der Waals surface area contributed by atoms with Gasteiger partial charge in [0.15, 0.2) is 11.5 Å². The molecule has 2 aromatic carbocycles. The van der Waals surface area contributed by atoms with Gasteiger partial charge in [-0.05, 0) is 74.8 Å². The van der Waals surface area contributed by atoms with Crippen molar-refractivity contribution in [1.29, 1.82) is 0 Å². The van der Waals surface area contributed by atoms with E-state index in [1.165, 1.54) is 101 Å². The second kappa shape index (κ2) is 33.5. The summed E-state index contributed by atoms with van der Waals surface area (Å²) in [5.74, 6) is 0.102. The zero-order valence-electron chi connectivity index (χ0n) is 45.2. The van der Waals surface area contributed by atoms with Crippen LogP contribution in [0, 0.1) is 11.8 Å². The van der Waals surface area contributed by atoms with Gasteiger partial charge in [0.05, 0.1) is 36.1 Å². The molecule has 0 saturated heterocycles. The topological polar surface area (TPSA) is 175 Å². The van der Waals surface area contributed by atoms with E-state index >= 15 is 0 Å². The van der Waals surface area contributed by atoms with Gasteiger partial charge in [-0.15, -0.1) is 10.2 Å². The van der Waals surface area contributed by atoms with Crippen LogP contribution in [0.4, 0.5) is 5.69 Å². The Hall–Kier alpha value is -4.28. The third-order valence-corrected chi connectivity index (χ3v) is 14.8. The second-order valence-electron chi connectivity index (χ2n) is 20.8. The average Bonchev–Trinajstić information content (AvgIpc) is 3.96. The molecule has 0 aliphatic carbocycles. The Bertz CT molecular complexity index is 2160. The number of esters is 2. The number of aromatic nitrogens is 4. The molecule has 0 spiro atoms. The molecule has 404 valence electrons. The van der Waals surface area contributed by atoms with Crippen molar-refractivity contribution in [3.8, 4) is 11.5 Å². The lowest BCUT2D eigenvalue weighted by molar-refractivity contribution is 0.0419. The van der Waals surface area contributed by atoms with E-state index in [1.54, 1.807) is 29.6 Å². The molecule has 0 amide bonds. The third kappa shape index (κ3) is 22.5. The van der Waals surface area contributed by atoms with Gasteiger partial charge in [0.2, 0.25) is 0 Å². The van der Waals surface area contributed by atoms with Gasteiger partial charge in [-0.2, -0.15) is 13.1 Å². The highest BCUT2D eigenvalue weighted by atomic mass is 32.2. The zero-order valence-corrected chi connectivity index (χ0v) is 46.8. The first-order valence-electron chi connectivity index (χ1n) is 27.5. The Morgan fingerprint density at radius 1 is 0.611 bits per heavy atom. The smallest absolute Gasteiger partial charge is 0.338 e. The van der Waals surface area contributed by atoms with Gasteiger partial charge < -0.3 is 17.8 Å². The number of carbonyl (C=O) groups is 2. The average molecular weight is 1040 g/mol. The number of fused-ring (bicyclic) bond motifs is 1. The number of nitrogens with zero attached hydrogens (tertiary/aromatic N) is 3. The molecule has 0 radical (unpaired) electrons. The number of aromatic amines is 1. The molecule has 0 saturated carbocycles. The summed E-state index contributed by atoms with van der Waals surface area (Å²) in [5.41, 5.74) is 2.08. The lowest BCUT2D eigenvalue weighted by Gasteiger charge is -2.18. The number of benzene rings is 2. The predicted octanol–water partition coefficient (Wildman–Crippen LogP) is 14.7. The number of rotatable bonds is 39. The monoisotopic (exact) mass is 1040 g/mol. The van der Waals surface area contributed by atoms with Crippen molar-refractivity contribution in [2.24, 2.45) is 11.8 Å².